The fraction of sp³-hybridized carbons (Fsp3) is 0.143. The maximum atomic E-state index is 3.95. The van der Waals surface area contributed by atoms with E-state index in [0.717, 1.165) is 0 Å². The zero-order valence-electron chi connectivity index (χ0n) is 5.70. The first kappa shape index (κ1) is 6.74. The molecule has 0 saturated carbocycles. The van der Waals surface area contributed by atoms with Gasteiger partial charge in [0.25, 0.3) is 0 Å². The monoisotopic (exact) mass is 134 g/mol. The van der Waals surface area contributed by atoms with Gasteiger partial charge < -0.3 is 15.3 Å². The van der Waals surface area contributed by atoms with Gasteiger partial charge in [-0.2, -0.15) is 0 Å². The van der Waals surface area contributed by atoms with Gasteiger partial charge in [-0.05, 0) is 18.9 Å². The van der Waals surface area contributed by atoms with E-state index < -0.39 is 0 Å². The second-order valence-electron chi connectivity index (χ2n) is 1.66. The third kappa shape index (κ3) is 1.85. The predicted molar refractivity (Wildman–Crippen MR) is 40.4 cm³/mol. The van der Waals surface area contributed by atoms with Gasteiger partial charge >= 0.3 is 0 Å². The number of hydrogen-bond acceptors (Lipinski definition) is 2. The van der Waals surface area contributed by atoms with Crippen LogP contribution in [0.3, 0.4) is 0 Å². The number of pyridine rings is 1. The molecule has 0 saturated heterocycles. The molecular weight excluding hydrogens is 126 g/mol. The Balaban J connectivity index is 2.67. The molecule has 10 heavy (non-hydrogen) atoms. The molecule has 0 radical (unpaired) electrons. The van der Waals surface area contributed by atoms with Crippen LogP contribution in [0.15, 0.2) is 29.4 Å². The van der Waals surface area contributed by atoms with Crippen LogP contribution in [-0.4, -0.2) is 18.4 Å². The summed E-state index contributed by atoms with van der Waals surface area (Å²) in [4.78, 5) is 7.80. The van der Waals surface area contributed by atoms with Crippen LogP contribution in [-0.2, 0) is 0 Å². The normalized spacial score (nSPS) is 10.1. The van der Waals surface area contributed by atoms with E-state index in [2.05, 4.69) is 21.6 Å². The maximum Gasteiger partial charge on any atom is 0.00711 e. The molecule has 3 heteroatoms. The van der Waals surface area contributed by atoms with Gasteiger partial charge in [0.1, 0.15) is 0 Å². The number of nitrogens with zero attached hydrogens (tertiary/aromatic N) is 2. The zero-order valence-corrected chi connectivity index (χ0v) is 5.70. The van der Waals surface area contributed by atoms with E-state index in [0.29, 0.717) is 5.82 Å². The van der Waals surface area contributed by atoms with Gasteiger partial charge in [-0.3, -0.25) is 0 Å². The van der Waals surface area contributed by atoms with E-state index in [-0.39, 0.29) is 0 Å². The lowest BCUT2D eigenvalue weighted by atomic mass is 10.5. The van der Waals surface area contributed by atoms with E-state index in [1.54, 1.807) is 13.2 Å². The van der Waals surface area contributed by atoms with E-state index in [9.17, 15) is 0 Å². The van der Waals surface area contributed by atoms with Gasteiger partial charge in [-0.25, -0.2) is 0 Å². The lowest BCUT2D eigenvalue weighted by Crippen LogP contribution is -1.99. The Morgan fingerprint density at radius 1 is 1.60 bits per heavy atom. The Hall–Kier alpha value is -1.38. The molecule has 0 amide bonds. The molecule has 0 aliphatic carbocycles. The first-order valence-electron chi connectivity index (χ1n) is 2.97. The molecule has 3 nitrogen and oxygen atoms in total. The first-order chi connectivity index (χ1) is 4.93. The summed E-state index contributed by atoms with van der Waals surface area (Å²) < 4.78 is 0. The smallest absolute Gasteiger partial charge is 0.00711 e. The van der Waals surface area contributed by atoms with E-state index in [1.165, 1.54) is 0 Å². The molecule has 1 aromatic heterocycles. The van der Waals surface area contributed by atoms with Crippen LogP contribution >= 0.6 is 0 Å². The van der Waals surface area contributed by atoms with Crippen LogP contribution in [0, 0.1) is 0 Å². The van der Waals surface area contributed by atoms with Gasteiger partial charge in [0, 0.05) is 6.20 Å². The van der Waals surface area contributed by atoms with Crippen molar-refractivity contribution < 1.29 is 0 Å². The average molecular weight is 134 g/mol. The molecule has 1 aromatic rings. The van der Waals surface area contributed by atoms with Crippen molar-refractivity contribution in [2.45, 2.75) is 0 Å². The fourth-order valence-corrected chi connectivity index (χ4v) is 0.533. The number of aliphatic imine (C=N–C) groups is 1. The van der Waals surface area contributed by atoms with Gasteiger partial charge in [-0.1, -0.05) is 12.4 Å². The molecular formula is C7H8N3-. The average Bonchev–Trinajstić information content (AvgIpc) is 2.03. The highest BCUT2D eigenvalue weighted by Gasteiger charge is 1.70. The Bertz CT molecular complexity index is 205. The van der Waals surface area contributed by atoms with Crippen molar-refractivity contribution in [2.75, 3.05) is 7.05 Å². The molecule has 0 bridgehead atoms. The van der Waals surface area contributed by atoms with Crippen LogP contribution in [0.4, 0.5) is 5.82 Å². The summed E-state index contributed by atoms with van der Waals surface area (Å²) in [5, 5.41) is 2.66. The van der Waals surface area contributed by atoms with Crippen molar-refractivity contribution in [2.24, 2.45) is 4.99 Å². The third-order valence-electron chi connectivity index (χ3n) is 0.932. The molecule has 0 unspecified atom stereocenters. The van der Waals surface area contributed by atoms with Crippen LogP contribution in [0.25, 0.3) is 0 Å². The second-order valence-corrected chi connectivity index (χ2v) is 1.66. The molecule has 0 aliphatic heterocycles. The molecule has 1 N–H and O–H groups in total. The topological polar surface area (TPSA) is 37.3 Å². The lowest BCUT2D eigenvalue weighted by molar-refractivity contribution is 1.19. The van der Waals surface area contributed by atoms with Crippen molar-refractivity contribution in [3.05, 3.63) is 24.4 Å². The molecule has 1 heterocycles. The molecule has 0 aromatic carbocycles. The van der Waals surface area contributed by atoms with Gasteiger partial charge in [0.05, 0.1) is 0 Å². The minimum absolute atomic E-state index is 0.664. The van der Waals surface area contributed by atoms with Crippen molar-refractivity contribution in [3.8, 4) is 0 Å². The summed E-state index contributed by atoms with van der Waals surface area (Å²) in [6, 6.07) is 5.53. The Kier molecular flexibility index (Phi) is 2.43. The van der Waals surface area contributed by atoms with Gasteiger partial charge in [0.2, 0.25) is 0 Å². The molecule has 0 atom stereocenters. The van der Waals surface area contributed by atoms with E-state index in [1.807, 2.05) is 18.2 Å². The van der Waals surface area contributed by atoms with Gasteiger partial charge in [0.15, 0.2) is 0 Å². The lowest BCUT2D eigenvalue weighted by Gasteiger charge is -2.00. The molecule has 1 rings (SSSR count). The predicted octanol–water partition coefficient (Wildman–Crippen LogP) is 0.838. The van der Waals surface area contributed by atoms with Crippen LogP contribution in [0.2, 0.25) is 0 Å². The molecule has 0 aliphatic rings. The molecule has 0 spiro atoms. The fourth-order valence-electron chi connectivity index (χ4n) is 0.533. The quantitative estimate of drug-likeness (QED) is 0.281. The maximum absolute atomic E-state index is 3.95. The largest absolute Gasteiger partial charge is 0.462 e. The number of hydrogen-bond donors (Lipinski definition) is 1. The SMILES string of the molecule is CN[C-]=Nc1ccccn1. The highest BCUT2D eigenvalue weighted by Crippen LogP contribution is 2.01. The standard InChI is InChI=1S/C7H8N3/c1-8-6-10-7-4-2-3-5-9-7/h2-5H,1H3,(H,8,9,10)/q-1. The van der Waals surface area contributed by atoms with Crippen molar-refractivity contribution in [3.63, 3.8) is 0 Å². The number of aromatic nitrogens is 1. The van der Waals surface area contributed by atoms with Crippen molar-refractivity contribution in [1.29, 1.82) is 0 Å². The second kappa shape index (κ2) is 3.61. The van der Waals surface area contributed by atoms with Crippen molar-refractivity contribution >= 4 is 12.2 Å². The summed E-state index contributed by atoms with van der Waals surface area (Å²) in [6.45, 7) is 0. The van der Waals surface area contributed by atoms with Crippen LogP contribution in [0.5, 0.6) is 0 Å². The number of nitrogens with one attached hydrogen (secondary N) is 1. The summed E-state index contributed by atoms with van der Waals surface area (Å²) in [7, 11) is 1.74. The first-order valence-corrected chi connectivity index (χ1v) is 2.97. The highest BCUT2D eigenvalue weighted by molar-refractivity contribution is 5.58. The molecule has 52 valence electrons. The van der Waals surface area contributed by atoms with Crippen LogP contribution in [0.1, 0.15) is 0 Å². The summed E-state index contributed by atoms with van der Waals surface area (Å²) in [5.41, 5.74) is 0. The summed E-state index contributed by atoms with van der Waals surface area (Å²) in [5.74, 6) is 0.664. The highest BCUT2D eigenvalue weighted by atomic mass is 15.0. The van der Waals surface area contributed by atoms with Crippen LogP contribution < -0.4 is 5.32 Å². The summed E-state index contributed by atoms with van der Waals surface area (Å²) in [6.07, 6.45) is 4.27. The Morgan fingerprint density at radius 3 is 3.10 bits per heavy atom. The third-order valence-corrected chi connectivity index (χ3v) is 0.932. The minimum atomic E-state index is 0.664. The number of rotatable bonds is 2. The van der Waals surface area contributed by atoms with E-state index >= 15 is 0 Å². The summed E-state index contributed by atoms with van der Waals surface area (Å²) >= 11 is 0. The van der Waals surface area contributed by atoms with Crippen molar-refractivity contribution in [1.82, 2.24) is 10.3 Å². The van der Waals surface area contributed by atoms with Gasteiger partial charge in [-0.15, -0.1) is 6.07 Å². The van der Waals surface area contributed by atoms with E-state index in [4.69, 9.17) is 0 Å². The minimum Gasteiger partial charge on any atom is -0.462 e. The molecule has 0 fully saturated rings. The Labute approximate surface area is 59.8 Å². The zero-order chi connectivity index (χ0) is 7.23. The Morgan fingerprint density at radius 2 is 2.50 bits per heavy atom.